The Labute approximate surface area is 154 Å². The smallest absolute Gasteiger partial charge is 0.214 e. The average molecular weight is 381 g/mol. The predicted molar refractivity (Wildman–Crippen MR) is 99.6 cm³/mol. The summed E-state index contributed by atoms with van der Waals surface area (Å²) < 4.78 is 49.6. The summed E-state index contributed by atoms with van der Waals surface area (Å²) in [5, 5.41) is 0. The van der Waals surface area contributed by atoms with Gasteiger partial charge in [0, 0.05) is 6.54 Å². The van der Waals surface area contributed by atoms with Gasteiger partial charge in [-0.2, -0.15) is 0 Å². The number of halogens is 1. The first kappa shape index (κ1) is 20.2. The molecule has 0 radical (unpaired) electrons. The van der Waals surface area contributed by atoms with E-state index in [0.29, 0.717) is 12.3 Å². The lowest BCUT2D eigenvalue weighted by atomic mass is 10.1. The molecule has 0 saturated heterocycles. The van der Waals surface area contributed by atoms with Crippen LogP contribution in [0.5, 0.6) is 11.5 Å². The van der Waals surface area contributed by atoms with Gasteiger partial charge in [-0.05, 0) is 61.2 Å². The SMILES string of the molecule is COc1ccc(CCCCNS(=O)(=O)CCOc2ccc(F)cc2)cc1. The molecule has 2 aromatic rings. The van der Waals surface area contributed by atoms with Crippen molar-refractivity contribution < 1.29 is 22.3 Å². The van der Waals surface area contributed by atoms with Crippen LogP contribution in [0.15, 0.2) is 48.5 Å². The minimum atomic E-state index is -3.38. The molecule has 142 valence electrons. The lowest BCUT2D eigenvalue weighted by Gasteiger charge is -2.09. The zero-order valence-corrected chi connectivity index (χ0v) is 15.6. The van der Waals surface area contributed by atoms with Crippen molar-refractivity contribution in [1.29, 1.82) is 0 Å². The Hall–Kier alpha value is -2.12. The van der Waals surface area contributed by atoms with Crippen LogP contribution in [0, 0.1) is 5.82 Å². The second kappa shape index (κ2) is 10.1. The molecule has 0 fully saturated rings. The van der Waals surface area contributed by atoms with Crippen LogP contribution in [0.25, 0.3) is 0 Å². The van der Waals surface area contributed by atoms with Crippen molar-refractivity contribution in [3.63, 3.8) is 0 Å². The molecule has 0 atom stereocenters. The van der Waals surface area contributed by atoms with Crippen molar-refractivity contribution in [2.45, 2.75) is 19.3 Å². The number of benzene rings is 2. The summed E-state index contributed by atoms with van der Waals surface area (Å²) in [4.78, 5) is 0. The van der Waals surface area contributed by atoms with Crippen molar-refractivity contribution >= 4 is 10.0 Å². The van der Waals surface area contributed by atoms with Gasteiger partial charge in [-0.25, -0.2) is 17.5 Å². The normalized spacial score (nSPS) is 11.3. The molecule has 0 bridgehead atoms. The second-order valence-electron chi connectivity index (χ2n) is 5.82. The Morgan fingerprint density at radius 2 is 1.62 bits per heavy atom. The largest absolute Gasteiger partial charge is 0.497 e. The first-order valence-electron chi connectivity index (χ1n) is 8.47. The molecule has 0 amide bonds. The highest BCUT2D eigenvalue weighted by molar-refractivity contribution is 7.89. The van der Waals surface area contributed by atoms with Crippen molar-refractivity contribution in [1.82, 2.24) is 4.72 Å². The summed E-state index contributed by atoms with van der Waals surface area (Å²) in [6.45, 7) is 0.419. The topological polar surface area (TPSA) is 64.6 Å². The number of hydrogen-bond acceptors (Lipinski definition) is 4. The van der Waals surface area contributed by atoms with E-state index in [9.17, 15) is 12.8 Å². The monoisotopic (exact) mass is 381 g/mol. The first-order chi connectivity index (χ1) is 12.5. The van der Waals surface area contributed by atoms with E-state index >= 15 is 0 Å². The molecular weight excluding hydrogens is 357 g/mol. The quantitative estimate of drug-likeness (QED) is 0.607. The lowest BCUT2D eigenvalue weighted by molar-refractivity contribution is 0.339. The van der Waals surface area contributed by atoms with Gasteiger partial charge in [-0.3, -0.25) is 0 Å². The van der Waals surface area contributed by atoms with Gasteiger partial charge in [0.2, 0.25) is 10.0 Å². The molecule has 7 heteroatoms. The summed E-state index contributed by atoms with van der Waals surface area (Å²) in [6.07, 6.45) is 2.53. The van der Waals surface area contributed by atoms with Gasteiger partial charge in [0.05, 0.1) is 12.9 Å². The van der Waals surface area contributed by atoms with Gasteiger partial charge in [-0.1, -0.05) is 12.1 Å². The molecule has 0 unspecified atom stereocenters. The third-order valence-electron chi connectivity index (χ3n) is 3.81. The van der Waals surface area contributed by atoms with Gasteiger partial charge in [-0.15, -0.1) is 0 Å². The fourth-order valence-electron chi connectivity index (χ4n) is 2.35. The lowest BCUT2D eigenvalue weighted by Crippen LogP contribution is -2.29. The van der Waals surface area contributed by atoms with Gasteiger partial charge in [0.1, 0.15) is 23.9 Å². The maximum atomic E-state index is 12.8. The predicted octanol–water partition coefficient (Wildman–Crippen LogP) is 3.16. The number of rotatable bonds is 11. The van der Waals surface area contributed by atoms with Crippen LogP contribution in [0.1, 0.15) is 18.4 Å². The average Bonchev–Trinajstić information content (AvgIpc) is 2.63. The third-order valence-corrected chi connectivity index (χ3v) is 5.16. The summed E-state index contributed by atoms with van der Waals surface area (Å²) in [5.41, 5.74) is 1.20. The van der Waals surface area contributed by atoms with Crippen LogP contribution >= 0.6 is 0 Å². The molecule has 1 N–H and O–H groups in total. The van der Waals surface area contributed by atoms with E-state index in [0.717, 1.165) is 25.0 Å². The number of methoxy groups -OCH3 is 1. The Morgan fingerprint density at radius 3 is 2.27 bits per heavy atom. The Kier molecular flexibility index (Phi) is 7.87. The van der Waals surface area contributed by atoms with E-state index in [2.05, 4.69) is 4.72 Å². The minimum Gasteiger partial charge on any atom is -0.497 e. The van der Waals surface area contributed by atoms with Crippen LogP contribution in [0.2, 0.25) is 0 Å². The molecule has 2 aromatic carbocycles. The molecule has 2 rings (SSSR count). The van der Waals surface area contributed by atoms with Crippen LogP contribution in [0.3, 0.4) is 0 Å². The second-order valence-corrected chi connectivity index (χ2v) is 7.75. The van der Waals surface area contributed by atoms with Gasteiger partial charge >= 0.3 is 0 Å². The van der Waals surface area contributed by atoms with Crippen molar-refractivity contribution in [2.75, 3.05) is 26.0 Å². The first-order valence-corrected chi connectivity index (χ1v) is 10.1. The number of nitrogens with one attached hydrogen (secondary N) is 1. The van der Waals surface area contributed by atoms with Crippen LogP contribution in [-0.2, 0) is 16.4 Å². The molecule has 5 nitrogen and oxygen atoms in total. The van der Waals surface area contributed by atoms with E-state index in [1.165, 1.54) is 29.8 Å². The summed E-state index contributed by atoms with van der Waals surface area (Å²) in [6, 6.07) is 13.3. The molecule has 0 saturated carbocycles. The standard InChI is InChI=1S/C19H24FNO4S/c1-24-18-9-5-16(6-10-18)4-2-3-13-21-26(22,23)15-14-25-19-11-7-17(20)8-12-19/h5-12,21H,2-4,13-15H2,1H3. The molecule has 0 aliphatic carbocycles. The maximum absolute atomic E-state index is 12.8. The highest BCUT2D eigenvalue weighted by Crippen LogP contribution is 2.13. The molecule has 0 aliphatic rings. The highest BCUT2D eigenvalue weighted by Gasteiger charge is 2.09. The number of ether oxygens (including phenoxy) is 2. The fourth-order valence-corrected chi connectivity index (χ4v) is 3.25. The van der Waals surface area contributed by atoms with Crippen molar-refractivity contribution in [2.24, 2.45) is 0 Å². The van der Waals surface area contributed by atoms with E-state index in [1.54, 1.807) is 7.11 Å². The maximum Gasteiger partial charge on any atom is 0.214 e. The number of hydrogen-bond donors (Lipinski definition) is 1. The summed E-state index contributed by atoms with van der Waals surface area (Å²) in [5.74, 6) is 0.773. The molecule has 0 aromatic heterocycles. The van der Waals surface area contributed by atoms with Gasteiger partial charge in [0.15, 0.2) is 0 Å². The Balaban J connectivity index is 1.60. The van der Waals surface area contributed by atoms with Crippen molar-refractivity contribution in [3.8, 4) is 11.5 Å². The zero-order chi connectivity index (χ0) is 18.8. The summed E-state index contributed by atoms with van der Waals surface area (Å²) >= 11 is 0. The molecular formula is C19H24FNO4S. The Morgan fingerprint density at radius 1 is 0.962 bits per heavy atom. The number of aryl methyl sites for hydroxylation is 1. The molecule has 26 heavy (non-hydrogen) atoms. The molecule has 0 heterocycles. The van der Waals surface area contributed by atoms with E-state index in [4.69, 9.17) is 9.47 Å². The molecule has 0 spiro atoms. The van der Waals surface area contributed by atoms with E-state index in [-0.39, 0.29) is 18.2 Å². The molecule has 0 aliphatic heterocycles. The summed E-state index contributed by atoms with van der Waals surface area (Å²) in [7, 11) is -1.75. The fraction of sp³-hybridized carbons (Fsp3) is 0.368. The van der Waals surface area contributed by atoms with E-state index in [1.807, 2.05) is 24.3 Å². The number of unbranched alkanes of at least 4 members (excludes halogenated alkanes) is 1. The van der Waals surface area contributed by atoms with Gasteiger partial charge < -0.3 is 9.47 Å². The highest BCUT2D eigenvalue weighted by atomic mass is 32.2. The Bertz CT molecular complexity index is 761. The zero-order valence-electron chi connectivity index (χ0n) is 14.8. The minimum absolute atomic E-state index is 0.0206. The number of sulfonamides is 1. The van der Waals surface area contributed by atoms with Crippen LogP contribution in [0.4, 0.5) is 4.39 Å². The van der Waals surface area contributed by atoms with Crippen LogP contribution < -0.4 is 14.2 Å². The van der Waals surface area contributed by atoms with Crippen molar-refractivity contribution in [3.05, 3.63) is 59.9 Å². The van der Waals surface area contributed by atoms with Gasteiger partial charge in [0.25, 0.3) is 0 Å². The van der Waals surface area contributed by atoms with E-state index < -0.39 is 10.0 Å². The van der Waals surface area contributed by atoms with Crippen LogP contribution in [-0.4, -0.2) is 34.4 Å². The third kappa shape index (κ3) is 7.41.